The minimum atomic E-state index is 0.144. The summed E-state index contributed by atoms with van der Waals surface area (Å²) in [5.41, 5.74) is 3.36. The van der Waals surface area contributed by atoms with Crippen LogP contribution in [0, 0.1) is 5.92 Å². The van der Waals surface area contributed by atoms with Crippen LogP contribution in [0.25, 0.3) is 0 Å². The fourth-order valence-corrected chi connectivity index (χ4v) is 2.95. The Hall–Kier alpha value is -2.09. The molecule has 1 aliphatic carbocycles. The molecule has 2 aromatic carbocycles. The van der Waals surface area contributed by atoms with Crippen LogP contribution in [0.4, 0.5) is 0 Å². The second-order valence-corrected chi connectivity index (χ2v) is 5.87. The van der Waals surface area contributed by atoms with E-state index >= 15 is 0 Å². The fraction of sp³-hybridized carbons (Fsp3) is 0.350. The van der Waals surface area contributed by atoms with Gasteiger partial charge in [-0.05, 0) is 48.9 Å². The number of aryl methyl sites for hydroxylation is 1. The van der Waals surface area contributed by atoms with Crippen LogP contribution in [0.15, 0.2) is 48.5 Å². The zero-order valence-electron chi connectivity index (χ0n) is 13.2. The molecule has 0 aromatic heterocycles. The number of carbonyl (C=O) groups excluding carboxylic acids is 1. The van der Waals surface area contributed by atoms with Gasteiger partial charge in [0.1, 0.15) is 5.75 Å². The van der Waals surface area contributed by atoms with Gasteiger partial charge in [-0.1, -0.05) is 43.3 Å². The molecule has 0 spiro atoms. The Morgan fingerprint density at radius 2 is 1.73 bits per heavy atom. The molecule has 2 heteroatoms. The minimum absolute atomic E-state index is 0.144. The molecule has 114 valence electrons. The number of hydrogen-bond donors (Lipinski definition) is 0. The van der Waals surface area contributed by atoms with E-state index in [0.717, 1.165) is 24.2 Å². The van der Waals surface area contributed by atoms with Crippen LogP contribution in [0.2, 0.25) is 0 Å². The molecule has 2 atom stereocenters. The fourth-order valence-electron chi connectivity index (χ4n) is 2.95. The van der Waals surface area contributed by atoms with Crippen LogP contribution in [0.5, 0.6) is 5.75 Å². The molecule has 22 heavy (non-hydrogen) atoms. The first-order valence-electron chi connectivity index (χ1n) is 8.08. The molecule has 3 rings (SSSR count). The molecule has 2 unspecified atom stereocenters. The van der Waals surface area contributed by atoms with Crippen LogP contribution in [0.1, 0.15) is 47.7 Å². The lowest BCUT2D eigenvalue weighted by molar-refractivity contribution is 0.0965. The third-order valence-corrected chi connectivity index (χ3v) is 4.39. The van der Waals surface area contributed by atoms with E-state index in [0.29, 0.717) is 12.5 Å². The molecule has 2 nitrogen and oxygen atoms in total. The lowest BCUT2D eigenvalue weighted by Crippen LogP contribution is -2.03. The summed E-state index contributed by atoms with van der Waals surface area (Å²) >= 11 is 0. The van der Waals surface area contributed by atoms with Crippen LogP contribution in [-0.4, -0.2) is 12.4 Å². The van der Waals surface area contributed by atoms with E-state index < -0.39 is 0 Å². The van der Waals surface area contributed by atoms with Crippen molar-refractivity contribution in [1.82, 2.24) is 0 Å². The number of rotatable bonds is 6. The zero-order valence-corrected chi connectivity index (χ0v) is 13.2. The number of carbonyl (C=O) groups is 1. The molecule has 2 aromatic rings. The Kier molecular flexibility index (Phi) is 4.28. The van der Waals surface area contributed by atoms with E-state index in [4.69, 9.17) is 4.74 Å². The maximum atomic E-state index is 12.5. The predicted molar refractivity (Wildman–Crippen MR) is 88.6 cm³/mol. The van der Waals surface area contributed by atoms with Gasteiger partial charge in [0.25, 0.3) is 0 Å². The largest absolute Gasteiger partial charge is 0.494 e. The summed E-state index contributed by atoms with van der Waals surface area (Å²) in [6.45, 7) is 4.78. The van der Waals surface area contributed by atoms with Crippen molar-refractivity contribution in [3.63, 3.8) is 0 Å². The summed E-state index contributed by atoms with van der Waals surface area (Å²) in [6.07, 6.45) is 1.97. The number of Topliss-reactive ketones (excluding diaryl/α,β-unsaturated/α-hetero) is 1. The quantitative estimate of drug-likeness (QED) is 0.726. The molecule has 0 bridgehead atoms. The van der Waals surface area contributed by atoms with Crippen molar-refractivity contribution >= 4 is 5.78 Å². The third-order valence-electron chi connectivity index (χ3n) is 4.39. The number of ketones is 1. The average molecular weight is 294 g/mol. The van der Waals surface area contributed by atoms with Gasteiger partial charge in [0, 0.05) is 11.5 Å². The van der Waals surface area contributed by atoms with Gasteiger partial charge in [-0.15, -0.1) is 0 Å². The van der Waals surface area contributed by atoms with Crippen molar-refractivity contribution in [2.45, 2.75) is 32.6 Å². The van der Waals surface area contributed by atoms with E-state index in [9.17, 15) is 4.79 Å². The van der Waals surface area contributed by atoms with Gasteiger partial charge in [0.05, 0.1) is 6.61 Å². The van der Waals surface area contributed by atoms with Crippen molar-refractivity contribution < 1.29 is 9.53 Å². The van der Waals surface area contributed by atoms with Gasteiger partial charge in [0.2, 0.25) is 0 Å². The van der Waals surface area contributed by atoms with Gasteiger partial charge in [0.15, 0.2) is 5.78 Å². The van der Waals surface area contributed by atoms with E-state index in [2.05, 4.69) is 31.2 Å². The lowest BCUT2D eigenvalue weighted by Gasteiger charge is -2.05. The van der Waals surface area contributed by atoms with Gasteiger partial charge < -0.3 is 4.74 Å². The first kappa shape index (κ1) is 14.8. The van der Waals surface area contributed by atoms with Crippen LogP contribution >= 0.6 is 0 Å². The number of hydrogen-bond acceptors (Lipinski definition) is 2. The van der Waals surface area contributed by atoms with E-state index in [1.54, 1.807) is 0 Å². The Bertz CT molecular complexity index is 640. The van der Waals surface area contributed by atoms with Gasteiger partial charge >= 0.3 is 0 Å². The normalized spacial score (nSPS) is 19.7. The molecule has 0 amide bonds. The summed E-state index contributed by atoms with van der Waals surface area (Å²) in [4.78, 5) is 12.5. The topological polar surface area (TPSA) is 26.3 Å². The first-order chi connectivity index (χ1) is 10.7. The van der Waals surface area contributed by atoms with Crippen LogP contribution < -0.4 is 4.74 Å². The van der Waals surface area contributed by atoms with Crippen LogP contribution in [-0.2, 0) is 6.42 Å². The molecular formula is C20H22O2. The van der Waals surface area contributed by atoms with Gasteiger partial charge in [-0.2, -0.15) is 0 Å². The van der Waals surface area contributed by atoms with E-state index in [1.807, 2.05) is 31.2 Å². The standard InChI is InChI=1S/C20H22O2/c1-3-14-5-7-16(8-6-14)20(21)19-13-18(19)15-9-11-17(12-10-15)22-4-2/h5-12,18-19H,3-4,13H2,1-2H3. The monoisotopic (exact) mass is 294 g/mol. The van der Waals surface area contributed by atoms with Crippen molar-refractivity contribution in [1.29, 1.82) is 0 Å². The summed E-state index contributed by atoms with van der Waals surface area (Å²) < 4.78 is 5.46. The highest BCUT2D eigenvalue weighted by atomic mass is 16.5. The Labute approximate surface area is 132 Å². The number of benzene rings is 2. The van der Waals surface area contributed by atoms with Gasteiger partial charge in [-0.3, -0.25) is 4.79 Å². The first-order valence-corrected chi connectivity index (χ1v) is 8.08. The molecule has 1 fully saturated rings. The highest BCUT2D eigenvalue weighted by Crippen LogP contribution is 2.49. The second kappa shape index (κ2) is 6.35. The highest BCUT2D eigenvalue weighted by Gasteiger charge is 2.43. The maximum absolute atomic E-state index is 12.5. The highest BCUT2D eigenvalue weighted by molar-refractivity contribution is 6.00. The third kappa shape index (κ3) is 3.06. The van der Waals surface area contributed by atoms with E-state index in [1.165, 1.54) is 11.1 Å². The predicted octanol–water partition coefficient (Wildman–Crippen LogP) is 4.63. The second-order valence-electron chi connectivity index (χ2n) is 5.87. The Morgan fingerprint density at radius 1 is 1.05 bits per heavy atom. The smallest absolute Gasteiger partial charge is 0.166 e. The Balaban J connectivity index is 1.66. The molecular weight excluding hydrogens is 272 g/mol. The molecule has 0 radical (unpaired) electrons. The average Bonchev–Trinajstić information content (AvgIpc) is 3.36. The Morgan fingerprint density at radius 3 is 2.32 bits per heavy atom. The van der Waals surface area contributed by atoms with Crippen molar-refractivity contribution in [2.75, 3.05) is 6.61 Å². The molecule has 0 N–H and O–H groups in total. The van der Waals surface area contributed by atoms with Crippen molar-refractivity contribution in [2.24, 2.45) is 5.92 Å². The molecule has 0 aliphatic heterocycles. The van der Waals surface area contributed by atoms with Gasteiger partial charge in [-0.25, -0.2) is 0 Å². The van der Waals surface area contributed by atoms with E-state index in [-0.39, 0.29) is 11.7 Å². The summed E-state index contributed by atoms with van der Waals surface area (Å²) in [7, 11) is 0. The van der Waals surface area contributed by atoms with Crippen LogP contribution in [0.3, 0.4) is 0 Å². The summed E-state index contributed by atoms with van der Waals surface area (Å²) in [5, 5.41) is 0. The zero-order chi connectivity index (χ0) is 15.5. The number of ether oxygens (including phenoxy) is 1. The molecule has 1 saturated carbocycles. The minimum Gasteiger partial charge on any atom is -0.494 e. The maximum Gasteiger partial charge on any atom is 0.166 e. The molecule has 0 saturated heterocycles. The van der Waals surface area contributed by atoms with Crippen molar-refractivity contribution in [3.8, 4) is 5.75 Å². The van der Waals surface area contributed by atoms with Crippen molar-refractivity contribution in [3.05, 3.63) is 65.2 Å². The summed E-state index contributed by atoms with van der Waals surface area (Å²) in [6, 6.07) is 16.2. The lowest BCUT2D eigenvalue weighted by atomic mass is 10.0. The SMILES string of the molecule is CCOc1ccc(C2CC2C(=O)c2ccc(CC)cc2)cc1. The summed E-state index contributed by atoms with van der Waals surface area (Å²) in [5.74, 6) is 1.69. The molecule has 0 heterocycles. The molecule has 1 aliphatic rings.